The number of likely N-dealkylation sites (N-methyl/N-ethyl adjacent to an activating group) is 2. The van der Waals surface area contributed by atoms with Crippen molar-refractivity contribution in [2.75, 3.05) is 79.5 Å². The predicted octanol–water partition coefficient (Wildman–Crippen LogP) is 10.2. The molecule has 0 amide bonds. The molecule has 7 heteroatoms. The summed E-state index contributed by atoms with van der Waals surface area (Å²) in [5, 5.41) is 26.1. The minimum atomic E-state index is -0.628. The first-order valence-corrected chi connectivity index (χ1v) is 24.6. The first-order chi connectivity index (χ1) is 27.3. The van der Waals surface area contributed by atoms with Crippen LogP contribution >= 0.6 is 11.3 Å². The molecule has 1 aromatic carbocycles. The van der Waals surface area contributed by atoms with E-state index in [4.69, 9.17) is 0 Å². The fourth-order valence-corrected chi connectivity index (χ4v) is 11.2. The number of thiophene rings is 1. The van der Waals surface area contributed by atoms with Crippen molar-refractivity contribution in [3.63, 3.8) is 0 Å². The summed E-state index contributed by atoms with van der Waals surface area (Å²) in [6.07, 6.45) is 28.6. The van der Waals surface area contributed by atoms with E-state index in [0.29, 0.717) is 11.8 Å². The number of aryl methyl sites for hydroxylation is 1. The Morgan fingerprint density at radius 1 is 0.554 bits per heavy atom. The van der Waals surface area contributed by atoms with E-state index in [9.17, 15) is 10.2 Å². The Balaban J connectivity index is 0.000000216. The van der Waals surface area contributed by atoms with Crippen LogP contribution in [0.4, 0.5) is 0 Å². The summed E-state index contributed by atoms with van der Waals surface area (Å²) in [7, 11) is 4.45. The highest BCUT2D eigenvalue weighted by Gasteiger charge is 2.40. The second-order valence-corrected chi connectivity index (χ2v) is 19.6. The average Bonchev–Trinajstić information content (AvgIpc) is 3.76. The van der Waals surface area contributed by atoms with Crippen LogP contribution in [0, 0.1) is 11.8 Å². The molecule has 2 saturated carbocycles. The molecule has 4 fully saturated rings. The Bertz CT molecular complexity index is 1260. The smallest absolute Gasteiger partial charge is 0.103 e. The molecule has 56 heavy (non-hydrogen) atoms. The first-order valence-electron chi connectivity index (χ1n) is 23.7. The first kappa shape index (κ1) is 45.8. The van der Waals surface area contributed by atoms with E-state index in [1.54, 1.807) is 11.3 Å². The zero-order chi connectivity index (χ0) is 39.3. The topological polar surface area (TPSA) is 53.4 Å². The van der Waals surface area contributed by atoms with E-state index in [1.165, 1.54) is 133 Å². The van der Waals surface area contributed by atoms with Gasteiger partial charge in [0.25, 0.3) is 0 Å². The Morgan fingerprint density at radius 2 is 1.04 bits per heavy atom. The summed E-state index contributed by atoms with van der Waals surface area (Å²) in [6, 6.07) is 15.1. The van der Waals surface area contributed by atoms with Gasteiger partial charge in [-0.05, 0) is 76.1 Å². The molecule has 2 aliphatic heterocycles. The van der Waals surface area contributed by atoms with Crippen LogP contribution in [0.3, 0.4) is 0 Å². The molecule has 4 atom stereocenters. The maximum Gasteiger partial charge on any atom is 0.103 e. The molecule has 2 aliphatic carbocycles. The van der Waals surface area contributed by atoms with Gasteiger partial charge in [0.15, 0.2) is 0 Å². The average molecular weight is 793 g/mol. The number of hydrogen-bond acceptors (Lipinski definition) is 7. The van der Waals surface area contributed by atoms with Crippen molar-refractivity contribution in [2.24, 2.45) is 11.8 Å². The third kappa shape index (κ3) is 15.7. The number of benzene rings is 1. The molecular formula is C49H84N4O2S. The summed E-state index contributed by atoms with van der Waals surface area (Å²) in [5.74, 6) is 0.792. The van der Waals surface area contributed by atoms with Crippen molar-refractivity contribution < 1.29 is 10.2 Å². The fourth-order valence-electron chi connectivity index (χ4n) is 10.3. The van der Waals surface area contributed by atoms with Crippen molar-refractivity contribution in [3.8, 4) is 0 Å². The molecule has 3 heterocycles. The minimum absolute atomic E-state index is 0.365. The monoisotopic (exact) mass is 793 g/mol. The quantitative estimate of drug-likeness (QED) is 0.264. The second kappa shape index (κ2) is 25.3. The molecule has 1 aromatic heterocycles. The van der Waals surface area contributed by atoms with Gasteiger partial charge in [0.05, 0.1) is 5.60 Å². The Morgan fingerprint density at radius 3 is 1.57 bits per heavy atom. The van der Waals surface area contributed by atoms with E-state index in [0.717, 1.165) is 90.9 Å². The zero-order valence-corrected chi connectivity index (χ0v) is 37.0. The Hall–Kier alpha value is -1.32. The third-order valence-electron chi connectivity index (χ3n) is 14.2. The maximum atomic E-state index is 12.0. The molecule has 318 valence electrons. The zero-order valence-electron chi connectivity index (χ0n) is 36.2. The van der Waals surface area contributed by atoms with Gasteiger partial charge in [0.2, 0.25) is 0 Å². The van der Waals surface area contributed by atoms with E-state index in [-0.39, 0.29) is 0 Å². The molecule has 2 saturated heterocycles. The van der Waals surface area contributed by atoms with Crippen LogP contribution in [0.25, 0.3) is 0 Å². The summed E-state index contributed by atoms with van der Waals surface area (Å²) in [4.78, 5) is 11.3. The van der Waals surface area contributed by atoms with Gasteiger partial charge in [-0.15, -0.1) is 11.3 Å². The van der Waals surface area contributed by atoms with Gasteiger partial charge in [-0.25, -0.2) is 0 Å². The summed E-state index contributed by atoms with van der Waals surface area (Å²) < 4.78 is 0. The van der Waals surface area contributed by atoms with Gasteiger partial charge in [0, 0.05) is 82.2 Å². The maximum absolute atomic E-state index is 12.0. The fraction of sp³-hybridized carbons (Fsp3) is 0.796. The van der Waals surface area contributed by atoms with Gasteiger partial charge >= 0.3 is 0 Å². The number of rotatable bonds is 9. The molecule has 6 nitrogen and oxygen atoms in total. The molecule has 0 spiro atoms. The number of hydrogen-bond donors (Lipinski definition) is 2. The number of aliphatic hydroxyl groups is 2. The number of nitrogens with zero attached hydrogens (tertiary/aromatic N) is 4. The minimum Gasteiger partial charge on any atom is -0.390 e. The van der Waals surface area contributed by atoms with Gasteiger partial charge in [0.1, 0.15) is 5.60 Å². The van der Waals surface area contributed by atoms with Crippen LogP contribution in [0.5, 0.6) is 0 Å². The molecule has 0 bridgehead atoms. The van der Waals surface area contributed by atoms with Crippen molar-refractivity contribution in [3.05, 3.63) is 58.3 Å². The lowest BCUT2D eigenvalue weighted by Gasteiger charge is -2.42. The van der Waals surface area contributed by atoms with Crippen LogP contribution < -0.4 is 0 Å². The molecular weight excluding hydrogens is 709 g/mol. The molecule has 4 unspecified atom stereocenters. The van der Waals surface area contributed by atoms with Crippen LogP contribution in [0.15, 0.2) is 47.8 Å². The molecule has 2 N–H and O–H groups in total. The van der Waals surface area contributed by atoms with Gasteiger partial charge in [-0.1, -0.05) is 139 Å². The van der Waals surface area contributed by atoms with Crippen molar-refractivity contribution >= 4 is 11.3 Å². The van der Waals surface area contributed by atoms with Crippen molar-refractivity contribution in [1.29, 1.82) is 0 Å². The highest BCUT2D eigenvalue weighted by molar-refractivity contribution is 7.10. The summed E-state index contributed by atoms with van der Waals surface area (Å²) >= 11 is 1.76. The largest absolute Gasteiger partial charge is 0.390 e. The molecule has 6 rings (SSSR count). The lowest BCUT2D eigenvalue weighted by Crippen LogP contribution is -2.50. The van der Waals surface area contributed by atoms with Gasteiger partial charge in [-0.2, -0.15) is 0 Å². The van der Waals surface area contributed by atoms with Crippen LogP contribution in [0.1, 0.15) is 152 Å². The van der Waals surface area contributed by atoms with E-state index >= 15 is 0 Å². The summed E-state index contributed by atoms with van der Waals surface area (Å²) in [5.41, 5.74) is 0.290. The van der Waals surface area contributed by atoms with Gasteiger partial charge < -0.3 is 29.8 Å². The molecule has 0 radical (unpaired) electrons. The lowest BCUT2D eigenvalue weighted by atomic mass is 9.75. The van der Waals surface area contributed by atoms with E-state index < -0.39 is 11.2 Å². The highest BCUT2D eigenvalue weighted by Crippen LogP contribution is 2.41. The third-order valence-corrected chi connectivity index (χ3v) is 15.3. The lowest BCUT2D eigenvalue weighted by molar-refractivity contribution is -0.0558. The molecule has 2 aromatic rings. The number of piperazine rings is 2. The molecule has 4 aliphatic rings. The predicted molar refractivity (Wildman–Crippen MR) is 240 cm³/mol. The Labute approximate surface area is 348 Å². The van der Waals surface area contributed by atoms with Crippen molar-refractivity contribution in [2.45, 2.75) is 159 Å². The highest BCUT2D eigenvalue weighted by atomic mass is 32.1. The van der Waals surface area contributed by atoms with Gasteiger partial charge in [-0.3, -0.25) is 0 Å². The SMILES string of the molecule is CN1CCN(CC2CCCCCCCCCCC2(O)CCCc2ccccc2)CC1.CN1CCN(CC2CCCCCCCCCCC2(O)c2cccs2)CC1. The van der Waals surface area contributed by atoms with E-state index in [2.05, 4.69) is 81.5 Å². The second-order valence-electron chi connectivity index (χ2n) is 18.7. The van der Waals surface area contributed by atoms with Crippen LogP contribution in [-0.2, 0) is 12.0 Å². The van der Waals surface area contributed by atoms with E-state index in [1.807, 2.05) is 0 Å². The normalized spacial score (nSPS) is 29.8. The Kier molecular flexibility index (Phi) is 20.7. The van der Waals surface area contributed by atoms with Crippen molar-refractivity contribution in [1.82, 2.24) is 19.6 Å². The van der Waals surface area contributed by atoms with Crippen LogP contribution in [-0.4, -0.2) is 115 Å². The van der Waals surface area contributed by atoms with Crippen LogP contribution in [0.2, 0.25) is 0 Å². The summed E-state index contributed by atoms with van der Waals surface area (Å²) in [6.45, 7) is 11.4. The standard InChI is InChI=1S/C27H46N2O.C22H38N2OS/c1-28-20-22-29(23-21-28)24-26-17-11-6-4-2-3-5-7-12-18-27(26,30)19-13-16-25-14-9-8-10-15-25;1-23-14-16-24(17-15-23)19-20-11-8-6-4-2-3-5-7-9-13-22(20,25)21-12-10-18-26-21/h8-10,14-15,26,30H,2-7,11-13,16-24H2,1H3;10,12,18,20,25H,2-9,11,13-17,19H2,1H3.